The second-order valence-electron chi connectivity index (χ2n) is 4.80. The van der Waals surface area contributed by atoms with Gasteiger partial charge in [-0.1, -0.05) is 37.3 Å². The molecule has 0 saturated carbocycles. The molecule has 0 bridgehead atoms. The molecule has 0 spiro atoms. The zero-order chi connectivity index (χ0) is 13.3. The molecule has 0 fully saturated rings. The molecule has 2 N–H and O–H groups in total. The standard InChI is InChI=1S/C14H18N2OS/c1-8(2)12-13(17)16-14(18-12)15-11-7-9(3)5-6-10(11)4/h5-8,17H,1-4H3,(H,15,16). The van der Waals surface area contributed by atoms with Crippen molar-refractivity contribution >= 4 is 22.2 Å². The molecule has 1 aromatic carbocycles. The van der Waals surface area contributed by atoms with E-state index in [1.54, 1.807) is 0 Å². The molecule has 1 heterocycles. The smallest absolute Gasteiger partial charge is 0.227 e. The number of rotatable bonds is 3. The Kier molecular flexibility index (Phi) is 3.57. The van der Waals surface area contributed by atoms with Crippen LogP contribution in [0, 0.1) is 13.8 Å². The average molecular weight is 262 g/mol. The minimum Gasteiger partial charge on any atom is -0.492 e. The average Bonchev–Trinajstić information content (AvgIpc) is 2.65. The summed E-state index contributed by atoms with van der Waals surface area (Å²) in [7, 11) is 0. The van der Waals surface area contributed by atoms with E-state index in [2.05, 4.69) is 56.2 Å². The molecular formula is C14H18N2OS. The number of nitrogens with zero attached hydrogens (tertiary/aromatic N) is 1. The number of aromatic nitrogens is 1. The van der Waals surface area contributed by atoms with Gasteiger partial charge in [0.25, 0.3) is 0 Å². The number of hydrogen-bond donors (Lipinski definition) is 2. The van der Waals surface area contributed by atoms with Crippen molar-refractivity contribution in [1.82, 2.24) is 4.98 Å². The van der Waals surface area contributed by atoms with Crippen LogP contribution in [-0.2, 0) is 0 Å². The maximum absolute atomic E-state index is 9.76. The fourth-order valence-electron chi connectivity index (χ4n) is 1.74. The van der Waals surface area contributed by atoms with E-state index in [-0.39, 0.29) is 11.8 Å². The van der Waals surface area contributed by atoms with Crippen LogP contribution in [0.5, 0.6) is 5.88 Å². The van der Waals surface area contributed by atoms with Crippen molar-refractivity contribution in [3.05, 3.63) is 34.2 Å². The molecule has 0 radical (unpaired) electrons. The highest BCUT2D eigenvalue weighted by Crippen LogP contribution is 2.35. The lowest BCUT2D eigenvalue weighted by Gasteiger charge is -2.07. The molecule has 1 aromatic heterocycles. The van der Waals surface area contributed by atoms with E-state index < -0.39 is 0 Å². The van der Waals surface area contributed by atoms with E-state index in [9.17, 15) is 5.11 Å². The number of nitrogens with one attached hydrogen (secondary N) is 1. The Labute approximate surface area is 112 Å². The Balaban J connectivity index is 2.29. The highest BCUT2D eigenvalue weighted by Gasteiger charge is 2.13. The van der Waals surface area contributed by atoms with Gasteiger partial charge in [0.15, 0.2) is 5.13 Å². The van der Waals surface area contributed by atoms with Crippen LogP contribution in [0.2, 0.25) is 0 Å². The Morgan fingerprint density at radius 3 is 2.61 bits per heavy atom. The summed E-state index contributed by atoms with van der Waals surface area (Å²) in [5, 5.41) is 13.8. The van der Waals surface area contributed by atoms with Gasteiger partial charge in [-0.3, -0.25) is 0 Å². The molecule has 0 atom stereocenters. The summed E-state index contributed by atoms with van der Waals surface area (Å²) in [6.45, 7) is 8.21. The second kappa shape index (κ2) is 4.98. The number of aryl methyl sites for hydroxylation is 2. The molecule has 0 aliphatic heterocycles. The van der Waals surface area contributed by atoms with Gasteiger partial charge in [-0.25, -0.2) is 0 Å². The van der Waals surface area contributed by atoms with E-state index in [1.165, 1.54) is 22.5 Å². The van der Waals surface area contributed by atoms with Gasteiger partial charge in [0.2, 0.25) is 5.88 Å². The van der Waals surface area contributed by atoms with Crippen molar-refractivity contribution in [1.29, 1.82) is 0 Å². The van der Waals surface area contributed by atoms with Gasteiger partial charge in [-0.2, -0.15) is 4.98 Å². The Hall–Kier alpha value is -1.55. The van der Waals surface area contributed by atoms with Gasteiger partial charge in [-0.05, 0) is 37.0 Å². The number of aromatic hydroxyl groups is 1. The summed E-state index contributed by atoms with van der Waals surface area (Å²) in [5.74, 6) is 0.430. The SMILES string of the molecule is Cc1ccc(C)c(Nc2nc(O)c(C(C)C)s2)c1. The third-order valence-electron chi connectivity index (χ3n) is 2.79. The van der Waals surface area contributed by atoms with Crippen molar-refractivity contribution in [2.24, 2.45) is 0 Å². The van der Waals surface area contributed by atoms with Crippen LogP contribution in [0.3, 0.4) is 0 Å². The van der Waals surface area contributed by atoms with E-state index in [0.717, 1.165) is 15.7 Å². The number of thiazole rings is 1. The van der Waals surface area contributed by atoms with Crippen molar-refractivity contribution in [2.75, 3.05) is 5.32 Å². The first kappa shape index (κ1) is 12.9. The second-order valence-corrected chi connectivity index (χ2v) is 5.84. The minimum absolute atomic E-state index is 0.141. The predicted molar refractivity (Wildman–Crippen MR) is 77.1 cm³/mol. The molecule has 0 amide bonds. The third-order valence-corrected chi connectivity index (χ3v) is 4.05. The maximum Gasteiger partial charge on any atom is 0.227 e. The van der Waals surface area contributed by atoms with Crippen LogP contribution in [-0.4, -0.2) is 10.1 Å². The molecule has 0 unspecified atom stereocenters. The van der Waals surface area contributed by atoms with Gasteiger partial charge < -0.3 is 10.4 Å². The van der Waals surface area contributed by atoms with Crippen molar-refractivity contribution in [3.8, 4) is 5.88 Å². The van der Waals surface area contributed by atoms with E-state index in [0.29, 0.717) is 0 Å². The first-order valence-electron chi connectivity index (χ1n) is 6.01. The van der Waals surface area contributed by atoms with Crippen molar-refractivity contribution in [3.63, 3.8) is 0 Å². The molecule has 18 heavy (non-hydrogen) atoms. The largest absolute Gasteiger partial charge is 0.492 e. The first-order chi connectivity index (χ1) is 8.47. The summed E-state index contributed by atoms with van der Waals surface area (Å²) < 4.78 is 0. The van der Waals surface area contributed by atoms with Crippen LogP contribution >= 0.6 is 11.3 Å². The summed E-state index contributed by atoms with van der Waals surface area (Å²) in [6.07, 6.45) is 0. The highest BCUT2D eigenvalue weighted by molar-refractivity contribution is 7.16. The quantitative estimate of drug-likeness (QED) is 0.865. The van der Waals surface area contributed by atoms with E-state index in [1.807, 2.05) is 0 Å². The van der Waals surface area contributed by atoms with Crippen LogP contribution in [0.1, 0.15) is 35.8 Å². The Bertz CT molecular complexity index is 561. The molecule has 4 heteroatoms. The van der Waals surface area contributed by atoms with Gasteiger partial charge in [0, 0.05) is 5.69 Å². The van der Waals surface area contributed by atoms with E-state index in [4.69, 9.17) is 0 Å². The van der Waals surface area contributed by atoms with Gasteiger partial charge in [0.1, 0.15) is 0 Å². The fourth-order valence-corrected chi connectivity index (χ4v) is 2.61. The van der Waals surface area contributed by atoms with Crippen LogP contribution in [0.4, 0.5) is 10.8 Å². The normalized spacial score (nSPS) is 10.9. The molecule has 2 aromatic rings. The summed E-state index contributed by atoms with van der Waals surface area (Å²) in [4.78, 5) is 5.08. The topological polar surface area (TPSA) is 45.2 Å². The van der Waals surface area contributed by atoms with Crippen molar-refractivity contribution < 1.29 is 5.11 Å². The van der Waals surface area contributed by atoms with Gasteiger partial charge in [-0.15, -0.1) is 0 Å². The monoisotopic (exact) mass is 262 g/mol. The molecule has 96 valence electrons. The van der Waals surface area contributed by atoms with Crippen LogP contribution in [0.25, 0.3) is 0 Å². The zero-order valence-corrected chi connectivity index (χ0v) is 11.9. The Morgan fingerprint density at radius 2 is 2.00 bits per heavy atom. The molecule has 2 rings (SSSR count). The molecular weight excluding hydrogens is 244 g/mol. The fraction of sp³-hybridized carbons (Fsp3) is 0.357. The lowest BCUT2D eigenvalue weighted by atomic mass is 10.1. The lowest BCUT2D eigenvalue weighted by molar-refractivity contribution is 0.449. The highest BCUT2D eigenvalue weighted by atomic mass is 32.1. The number of hydrogen-bond acceptors (Lipinski definition) is 4. The third kappa shape index (κ3) is 2.64. The first-order valence-corrected chi connectivity index (χ1v) is 6.83. The number of benzene rings is 1. The minimum atomic E-state index is 0.141. The summed E-state index contributed by atoms with van der Waals surface area (Å²) in [6, 6.07) is 6.25. The molecule has 0 saturated heterocycles. The summed E-state index contributed by atoms with van der Waals surface area (Å²) >= 11 is 1.50. The zero-order valence-electron chi connectivity index (χ0n) is 11.1. The maximum atomic E-state index is 9.76. The summed E-state index contributed by atoms with van der Waals surface area (Å²) in [5.41, 5.74) is 3.41. The van der Waals surface area contributed by atoms with E-state index >= 15 is 0 Å². The molecule has 0 aliphatic rings. The van der Waals surface area contributed by atoms with Gasteiger partial charge in [0.05, 0.1) is 4.88 Å². The molecule has 3 nitrogen and oxygen atoms in total. The van der Waals surface area contributed by atoms with Crippen LogP contribution < -0.4 is 5.32 Å². The predicted octanol–water partition coefficient (Wildman–Crippen LogP) is 4.33. The molecule has 0 aliphatic carbocycles. The van der Waals surface area contributed by atoms with Gasteiger partial charge >= 0.3 is 0 Å². The lowest BCUT2D eigenvalue weighted by Crippen LogP contribution is -1.92. The number of anilines is 2. The van der Waals surface area contributed by atoms with Crippen molar-refractivity contribution in [2.45, 2.75) is 33.6 Å². The van der Waals surface area contributed by atoms with Crippen LogP contribution in [0.15, 0.2) is 18.2 Å². The Morgan fingerprint density at radius 1 is 1.28 bits per heavy atom.